The standard InChI is InChI=1S/C12H15N3O2S2/c1-9(12-14-7-8-18-12)15-19(16,17)11-5-3-10(13-2)4-6-11/h3-9,13,15H,1-2H3. The Balaban J connectivity index is 2.17. The number of sulfonamides is 1. The Bertz CT molecular complexity index is 622. The molecule has 0 fully saturated rings. The number of hydrogen-bond acceptors (Lipinski definition) is 5. The average molecular weight is 297 g/mol. The minimum Gasteiger partial charge on any atom is -0.388 e. The van der Waals surface area contributed by atoms with Crippen LogP contribution in [0.1, 0.15) is 18.0 Å². The van der Waals surface area contributed by atoms with Crippen LogP contribution in [0.4, 0.5) is 5.69 Å². The maximum atomic E-state index is 12.2. The second-order valence-corrected chi connectivity index (χ2v) is 6.63. The molecule has 19 heavy (non-hydrogen) atoms. The summed E-state index contributed by atoms with van der Waals surface area (Å²) in [6.07, 6.45) is 1.66. The molecule has 2 rings (SSSR count). The van der Waals surface area contributed by atoms with Gasteiger partial charge in [0.05, 0.1) is 10.9 Å². The van der Waals surface area contributed by atoms with Crippen molar-refractivity contribution in [3.05, 3.63) is 40.8 Å². The van der Waals surface area contributed by atoms with Gasteiger partial charge in [-0.2, -0.15) is 0 Å². The number of nitrogens with one attached hydrogen (secondary N) is 2. The van der Waals surface area contributed by atoms with Crippen molar-refractivity contribution in [3.8, 4) is 0 Å². The van der Waals surface area contributed by atoms with E-state index < -0.39 is 10.0 Å². The summed E-state index contributed by atoms with van der Waals surface area (Å²) in [6.45, 7) is 1.78. The minimum absolute atomic E-state index is 0.245. The molecule has 1 unspecified atom stereocenters. The topological polar surface area (TPSA) is 71.1 Å². The smallest absolute Gasteiger partial charge is 0.241 e. The van der Waals surface area contributed by atoms with E-state index in [9.17, 15) is 8.42 Å². The van der Waals surface area contributed by atoms with Crippen LogP contribution in [0.15, 0.2) is 40.7 Å². The van der Waals surface area contributed by atoms with Gasteiger partial charge in [-0.3, -0.25) is 0 Å². The van der Waals surface area contributed by atoms with Gasteiger partial charge in [0.2, 0.25) is 10.0 Å². The molecular weight excluding hydrogens is 282 g/mol. The summed E-state index contributed by atoms with van der Waals surface area (Å²) in [5.74, 6) is 0. The van der Waals surface area contributed by atoms with Crippen LogP contribution < -0.4 is 10.0 Å². The van der Waals surface area contributed by atoms with Crippen molar-refractivity contribution in [1.29, 1.82) is 0 Å². The highest BCUT2D eigenvalue weighted by atomic mass is 32.2. The molecule has 7 heteroatoms. The van der Waals surface area contributed by atoms with E-state index in [0.29, 0.717) is 0 Å². The summed E-state index contributed by atoms with van der Waals surface area (Å²) in [5, 5.41) is 5.51. The van der Waals surface area contributed by atoms with Gasteiger partial charge in [-0.05, 0) is 31.2 Å². The third kappa shape index (κ3) is 3.31. The summed E-state index contributed by atoms with van der Waals surface area (Å²) in [7, 11) is -1.74. The van der Waals surface area contributed by atoms with E-state index in [1.165, 1.54) is 11.3 Å². The van der Waals surface area contributed by atoms with Crippen LogP contribution >= 0.6 is 11.3 Å². The number of anilines is 1. The number of thiazole rings is 1. The lowest BCUT2D eigenvalue weighted by molar-refractivity contribution is 0.566. The van der Waals surface area contributed by atoms with Crippen LogP contribution in [0.5, 0.6) is 0 Å². The van der Waals surface area contributed by atoms with Gasteiger partial charge >= 0.3 is 0 Å². The Labute approximate surface area is 116 Å². The minimum atomic E-state index is -3.52. The second kappa shape index (κ2) is 5.68. The lowest BCUT2D eigenvalue weighted by Gasteiger charge is -2.12. The van der Waals surface area contributed by atoms with Crippen molar-refractivity contribution in [3.63, 3.8) is 0 Å². The monoisotopic (exact) mass is 297 g/mol. The fraction of sp³-hybridized carbons (Fsp3) is 0.250. The summed E-state index contributed by atoms with van der Waals surface area (Å²) < 4.78 is 27.0. The lowest BCUT2D eigenvalue weighted by atomic mass is 10.3. The van der Waals surface area contributed by atoms with Crippen molar-refractivity contribution in [2.75, 3.05) is 12.4 Å². The van der Waals surface area contributed by atoms with Crippen molar-refractivity contribution in [2.24, 2.45) is 0 Å². The quantitative estimate of drug-likeness (QED) is 0.888. The maximum absolute atomic E-state index is 12.2. The van der Waals surface area contributed by atoms with Gasteiger partial charge in [0, 0.05) is 24.3 Å². The van der Waals surface area contributed by atoms with Crippen molar-refractivity contribution in [1.82, 2.24) is 9.71 Å². The van der Waals surface area contributed by atoms with Crippen molar-refractivity contribution < 1.29 is 8.42 Å². The first-order valence-electron chi connectivity index (χ1n) is 5.72. The largest absolute Gasteiger partial charge is 0.388 e. The molecule has 0 saturated carbocycles. The van der Waals surface area contributed by atoms with E-state index in [2.05, 4.69) is 15.0 Å². The predicted octanol–water partition coefficient (Wildman–Crippen LogP) is 2.22. The maximum Gasteiger partial charge on any atom is 0.241 e. The molecule has 1 aromatic heterocycles. The molecule has 0 aliphatic carbocycles. The Hall–Kier alpha value is -1.44. The SMILES string of the molecule is CNc1ccc(S(=O)(=O)NC(C)c2nccs2)cc1. The molecule has 5 nitrogen and oxygen atoms in total. The highest BCUT2D eigenvalue weighted by Crippen LogP contribution is 2.19. The Morgan fingerprint density at radius 1 is 1.26 bits per heavy atom. The first-order chi connectivity index (χ1) is 9.03. The number of hydrogen-bond donors (Lipinski definition) is 2. The normalized spacial score (nSPS) is 13.2. The van der Waals surface area contributed by atoms with Gasteiger partial charge in [0.15, 0.2) is 0 Å². The molecule has 1 heterocycles. The highest BCUT2D eigenvalue weighted by molar-refractivity contribution is 7.89. The number of aromatic nitrogens is 1. The summed E-state index contributed by atoms with van der Waals surface area (Å²) >= 11 is 1.42. The first-order valence-corrected chi connectivity index (χ1v) is 8.09. The zero-order valence-electron chi connectivity index (χ0n) is 10.6. The van der Waals surface area contributed by atoms with E-state index in [4.69, 9.17) is 0 Å². The lowest BCUT2D eigenvalue weighted by Crippen LogP contribution is -2.26. The van der Waals surface area contributed by atoms with Crippen LogP contribution in [0.3, 0.4) is 0 Å². The number of nitrogens with zero attached hydrogens (tertiary/aromatic N) is 1. The Kier molecular flexibility index (Phi) is 4.18. The van der Waals surface area contributed by atoms with E-state index in [0.717, 1.165) is 10.7 Å². The molecule has 0 bridgehead atoms. The van der Waals surface area contributed by atoms with Crippen LogP contribution in [0, 0.1) is 0 Å². The Morgan fingerprint density at radius 3 is 2.47 bits per heavy atom. The number of benzene rings is 1. The molecule has 0 aliphatic rings. The van der Waals surface area contributed by atoms with Crippen LogP contribution in [-0.4, -0.2) is 20.4 Å². The summed E-state index contributed by atoms with van der Waals surface area (Å²) in [6, 6.07) is 6.26. The van der Waals surface area contributed by atoms with Gasteiger partial charge < -0.3 is 5.32 Å². The van der Waals surface area contributed by atoms with Gasteiger partial charge in [0.1, 0.15) is 5.01 Å². The second-order valence-electron chi connectivity index (χ2n) is 3.99. The van der Waals surface area contributed by atoms with Crippen LogP contribution in [0.25, 0.3) is 0 Å². The van der Waals surface area contributed by atoms with Gasteiger partial charge in [0.25, 0.3) is 0 Å². The van der Waals surface area contributed by atoms with E-state index >= 15 is 0 Å². The van der Waals surface area contributed by atoms with Crippen molar-refractivity contribution >= 4 is 27.0 Å². The summed E-state index contributed by atoms with van der Waals surface area (Å²) in [5.41, 5.74) is 0.868. The molecule has 0 aliphatic heterocycles. The van der Waals surface area contributed by atoms with Gasteiger partial charge in [-0.15, -0.1) is 11.3 Å². The van der Waals surface area contributed by atoms with E-state index in [1.54, 1.807) is 44.4 Å². The fourth-order valence-corrected chi connectivity index (χ4v) is 3.53. The zero-order valence-corrected chi connectivity index (χ0v) is 12.3. The summed E-state index contributed by atoms with van der Waals surface area (Å²) in [4.78, 5) is 4.35. The molecule has 0 amide bonds. The molecule has 102 valence electrons. The van der Waals surface area contributed by atoms with E-state index in [1.807, 2.05) is 5.38 Å². The molecule has 1 aromatic carbocycles. The molecule has 0 saturated heterocycles. The number of rotatable bonds is 5. The molecule has 1 atom stereocenters. The van der Waals surface area contributed by atoms with Gasteiger partial charge in [-0.1, -0.05) is 0 Å². The third-order valence-electron chi connectivity index (χ3n) is 2.61. The molecular formula is C12H15N3O2S2. The predicted molar refractivity (Wildman–Crippen MR) is 76.8 cm³/mol. The van der Waals surface area contributed by atoms with Crippen molar-refractivity contribution in [2.45, 2.75) is 17.9 Å². The molecule has 2 N–H and O–H groups in total. The third-order valence-corrected chi connectivity index (χ3v) is 5.12. The highest BCUT2D eigenvalue weighted by Gasteiger charge is 2.19. The first kappa shape index (κ1) is 14.0. The van der Waals surface area contributed by atoms with Crippen LogP contribution in [0.2, 0.25) is 0 Å². The molecule has 2 aromatic rings. The zero-order chi connectivity index (χ0) is 13.9. The average Bonchev–Trinajstić information content (AvgIpc) is 2.92. The fourth-order valence-electron chi connectivity index (χ4n) is 1.60. The Morgan fingerprint density at radius 2 is 1.95 bits per heavy atom. The molecule has 0 spiro atoms. The molecule has 0 radical (unpaired) electrons. The van der Waals surface area contributed by atoms with E-state index in [-0.39, 0.29) is 10.9 Å². The van der Waals surface area contributed by atoms with Gasteiger partial charge in [-0.25, -0.2) is 18.1 Å². The van der Waals surface area contributed by atoms with Crippen LogP contribution in [-0.2, 0) is 10.0 Å².